The highest BCUT2D eigenvalue weighted by Crippen LogP contribution is 2.11. The van der Waals surface area contributed by atoms with Gasteiger partial charge < -0.3 is 5.73 Å². The molecule has 1 aromatic carbocycles. The molecule has 7 heteroatoms. The molecule has 3 N–H and O–H groups in total. The van der Waals surface area contributed by atoms with Crippen molar-refractivity contribution < 1.29 is 8.42 Å². The number of sulfonamides is 1. The van der Waals surface area contributed by atoms with Crippen LogP contribution in [0.4, 0.5) is 0 Å². The van der Waals surface area contributed by atoms with Crippen molar-refractivity contribution in [2.45, 2.75) is 11.4 Å². The molecule has 0 saturated carbocycles. The second-order valence-corrected chi connectivity index (χ2v) is 6.28. The molecule has 1 aromatic heterocycles. The van der Waals surface area contributed by atoms with Crippen LogP contribution in [0, 0.1) is 0 Å². The van der Waals surface area contributed by atoms with E-state index in [9.17, 15) is 8.42 Å². The average Bonchev–Trinajstić information content (AvgIpc) is 2.46. The summed E-state index contributed by atoms with van der Waals surface area (Å²) in [6.45, 7) is 0.188. The highest BCUT2D eigenvalue weighted by Gasteiger charge is 2.13. The van der Waals surface area contributed by atoms with E-state index in [0.29, 0.717) is 5.56 Å². The van der Waals surface area contributed by atoms with E-state index >= 15 is 0 Å². The molecular weight excluding hydrogens is 294 g/mol. The first-order chi connectivity index (χ1) is 9.49. The first-order valence-corrected chi connectivity index (χ1v) is 7.66. The summed E-state index contributed by atoms with van der Waals surface area (Å²) in [6, 6.07) is 9.66. The van der Waals surface area contributed by atoms with E-state index in [1.807, 2.05) is 0 Å². The van der Waals surface area contributed by atoms with E-state index in [0.717, 1.165) is 5.56 Å². The first kappa shape index (κ1) is 14.6. The molecule has 0 unspecified atom stereocenters. The summed E-state index contributed by atoms with van der Waals surface area (Å²) < 4.78 is 26.7. The van der Waals surface area contributed by atoms with E-state index in [1.165, 1.54) is 12.1 Å². The fourth-order valence-electron chi connectivity index (χ4n) is 1.56. The van der Waals surface area contributed by atoms with Gasteiger partial charge in [0.15, 0.2) is 0 Å². The number of hydrogen-bond donors (Lipinski definition) is 2. The van der Waals surface area contributed by atoms with Gasteiger partial charge in [-0.1, -0.05) is 30.4 Å². The normalized spacial score (nSPS) is 11.2. The maximum absolute atomic E-state index is 12.1. The van der Waals surface area contributed by atoms with Crippen molar-refractivity contribution in [3.63, 3.8) is 0 Å². The Labute approximate surface area is 122 Å². The van der Waals surface area contributed by atoms with Crippen LogP contribution in [0.15, 0.2) is 53.7 Å². The quantitative estimate of drug-likeness (QED) is 0.811. The molecule has 0 aliphatic carbocycles. The molecule has 104 valence electrons. The van der Waals surface area contributed by atoms with Gasteiger partial charge in [0.05, 0.1) is 4.90 Å². The summed E-state index contributed by atoms with van der Waals surface area (Å²) >= 11 is 4.82. The van der Waals surface area contributed by atoms with Gasteiger partial charge in [0.25, 0.3) is 0 Å². The van der Waals surface area contributed by atoms with E-state index < -0.39 is 10.0 Å². The summed E-state index contributed by atoms with van der Waals surface area (Å²) in [4.78, 5) is 4.33. The van der Waals surface area contributed by atoms with Crippen molar-refractivity contribution in [3.8, 4) is 0 Å². The predicted octanol–water partition coefficient (Wildman–Crippen LogP) is 1.19. The van der Waals surface area contributed by atoms with E-state index in [-0.39, 0.29) is 16.4 Å². The Kier molecular flexibility index (Phi) is 4.43. The smallest absolute Gasteiger partial charge is 0.240 e. The summed E-state index contributed by atoms with van der Waals surface area (Å²) in [6.07, 6.45) is 3.24. The molecule has 0 aliphatic rings. The zero-order chi connectivity index (χ0) is 14.6. The Morgan fingerprint density at radius 3 is 2.50 bits per heavy atom. The van der Waals surface area contributed by atoms with Crippen LogP contribution in [0.25, 0.3) is 0 Å². The monoisotopic (exact) mass is 307 g/mol. The van der Waals surface area contributed by atoms with Crippen LogP contribution in [0.2, 0.25) is 0 Å². The molecule has 0 bridgehead atoms. The second kappa shape index (κ2) is 6.08. The van der Waals surface area contributed by atoms with Gasteiger partial charge in [-0.2, -0.15) is 0 Å². The van der Waals surface area contributed by atoms with Gasteiger partial charge in [0, 0.05) is 24.5 Å². The molecule has 20 heavy (non-hydrogen) atoms. The summed E-state index contributed by atoms with van der Waals surface area (Å²) in [5.74, 6) is 0. The highest BCUT2D eigenvalue weighted by atomic mass is 32.2. The zero-order valence-electron chi connectivity index (χ0n) is 10.5. The number of nitrogens with two attached hydrogens (primary N) is 1. The number of hydrogen-bond acceptors (Lipinski definition) is 4. The van der Waals surface area contributed by atoms with Crippen LogP contribution < -0.4 is 10.5 Å². The minimum absolute atomic E-state index is 0.168. The third-order valence-electron chi connectivity index (χ3n) is 2.64. The topological polar surface area (TPSA) is 85.1 Å². The Bertz CT molecular complexity index is 698. The lowest BCUT2D eigenvalue weighted by molar-refractivity contribution is 0.581. The maximum atomic E-state index is 12.1. The molecule has 2 aromatic rings. The van der Waals surface area contributed by atoms with Crippen molar-refractivity contribution in [3.05, 3.63) is 59.9 Å². The van der Waals surface area contributed by atoms with Gasteiger partial charge in [-0.3, -0.25) is 4.98 Å². The van der Waals surface area contributed by atoms with Gasteiger partial charge in [-0.15, -0.1) is 0 Å². The number of thiocarbonyl (C=S) groups is 1. The minimum atomic E-state index is -3.56. The Morgan fingerprint density at radius 2 is 1.95 bits per heavy atom. The van der Waals surface area contributed by atoms with E-state index in [4.69, 9.17) is 18.0 Å². The molecule has 0 saturated heterocycles. The predicted molar refractivity (Wildman–Crippen MR) is 80.6 cm³/mol. The van der Waals surface area contributed by atoms with Crippen LogP contribution in [0.1, 0.15) is 11.1 Å². The lowest BCUT2D eigenvalue weighted by atomic mass is 10.2. The Hall–Kier alpha value is -1.83. The van der Waals surface area contributed by atoms with Crippen LogP contribution in [-0.4, -0.2) is 18.4 Å². The summed E-state index contributed by atoms with van der Waals surface area (Å²) in [5.41, 5.74) is 6.89. The molecule has 0 fully saturated rings. The van der Waals surface area contributed by atoms with Crippen molar-refractivity contribution >= 4 is 27.2 Å². The fourth-order valence-corrected chi connectivity index (χ4v) is 2.72. The molecule has 0 atom stereocenters. The second-order valence-electron chi connectivity index (χ2n) is 4.07. The molecule has 0 spiro atoms. The van der Waals surface area contributed by atoms with Gasteiger partial charge in [-0.05, 0) is 23.8 Å². The number of pyridine rings is 1. The van der Waals surface area contributed by atoms with Crippen LogP contribution in [-0.2, 0) is 16.6 Å². The van der Waals surface area contributed by atoms with Crippen LogP contribution >= 0.6 is 12.2 Å². The number of benzene rings is 1. The Balaban J connectivity index is 2.12. The molecule has 5 nitrogen and oxygen atoms in total. The lowest BCUT2D eigenvalue weighted by Crippen LogP contribution is -2.23. The molecule has 0 aliphatic heterocycles. The number of nitrogens with one attached hydrogen (secondary N) is 1. The third-order valence-corrected chi connectivity index (χ3v) is 4.29. The number of nitrogens with zero attached hydrogens (tertiary/aromatic N) is 1. The standard InChI is InChI=1S/C13H13N3O2S2/c14-13(19)11-3-5-12(6-4-11)20(17,18)16-9-10-2-1-7-15-8-10/h1-8,16H,9H2,(H2,14,19). The van der Waals surface area contributed by atoms with Gasteiger partial charge in [-0.25, -0.2) is 13.1 Å². The summed E-state index contributed by atoms with van der Waals surface area (Å²) in [7, 11) is -3.56. The van der Waals surface area contributed by atoms with E-state index in [1.54, 1.807) is 36.7 Å². The SMILES string of the molecule is NC(=S)c1ccc(S(=O)(=O)NCc2cccnc2)cc1. The average molecular weight is 307 g/mol. The fraction of sp³-hybridized carbons (Fsp3) is 0.0769. The Morgan fingerprint density at radius 1 is 1.25 bits per heavy atom. The van der Waals surface area contributed by atoms with Crippen molar-refractivity contribution in [1.82, 2.24) is 9.71 Å². The van der Waals surface area contributed by atoms with Crippen LogP contribution in [0.3, 0.4) is 0 Å². The molecule has 2 rings (SSSR count). The van der Waals surface area contributed by atoms with Crippen molar-refractivity contribution in [1.29, 1.82) is 0 Å². The molecule has 1 heterocycles. The molecular formula is C13H13N3O2S2. The third kappa shape index (κ3) is 3.60. The van der Waals surface area contributed by atoms with Gasteiger partial charge in [0.2, 0.25) is 10.0 Å². The zero-order valence-corrected chi connectivity index (χ0v) is 12.1. The summed E-state index contributed by atoms with van der Waals surface area (Å²) in [5, 5.41) is 0. The van der Waals surface area contributed by atoms with E-state index in [2.05, 4.69) is 9.71 Å². The van der Waals surface area contributed by atoms with Gasteiger partial charge in [0.1, 0.15) is 4.99 Å². The molecule has 0 radical (unpaired) electrons. The number of rotatable bonds is 5. The first-order valence-electron chi connectivity index (χ1n) is 5.77. The number of aromatic nitrogens is 1. The largest absolute Gasteiger partial charge is 0.389 e. The van der Waals surface area contributed by atoms with Crippen molar-refractivity contribution in [2.24, 2.45) is 5.73 Å². The van der Waals surface area contributed by atoms with Crippen molar-refractivity contribution in [2.75, 3.05) is 0 Å². The lowest BCUT2D eigenvalue weighted by Gasteiger charge is -2.07. The maximum Gasteiger partial charge on any atom is 0.240 e. The van der Waals surface area contributed by atoms with Gasteiger partial charge >= 0.3 is 0 Å². The highest BCUT2D eigenvalue weighted by molar-refractivity contribution is 7.89. The van der Waals surface area contributed by atoms with Crippen LogP contribution in [0.5, 0.6) is 0 Å². The molecule has 0 amide bonds. The minimum Gasteiger partial charge on any atom is -0.389 e.